The van der Waals surface area contributed by atoms with Crippen LogP contribution in [0.25, 0.3) is 5.69 Å². The van der Waals surface area contributed by atoms with Crippen LogP contribution in [0.5, 0.6) is 0 Å². The number of halogens is 2. The van der Waals surface area contributed by atoms with Gasteiger partial charge in [0.1, 0.15) is 0 Å². The fraction of sp³-hybridized carbons (Fsp3) is 0.318. The number of morpholine rings is 1. The predicted molar refractivity (Wildman–Crippen MR) is 136 cm³/mol. The highest BCUT2D eigenvalue weighted by molar-refractivity contribution is 14.1. The Morgan fingerprint density at radius 2 is 1.94 bits per heavy atom. The van der Waals surface area contributed by atoms with Crippen molar-refractivity contribution in [2.75, 3.05) is 37.4 Å². The first-order valence-corrected chi connectivity index (χ1v) is 12.6. The molecule has 32 heavy (non-hydrogen) atoms. The number of carbonyl (C=O) groups excluding carboxylic acids is 1. The number of carbonyl (C=O) groups is 1. The Hall–Kier alpha value is -1.66. The van der Waals surface area contributed by atoms with Gasteiger partial charge in [0, 0.05) is 33.1 Å². The van der Waals surface area contributed by atoms with E-state index in [0.29, 0.717) is 16.7 Å². The monoisotopic (exact) mass is 583 g/mol. The van der Waals surface area contributed by atoms with Gasteiger partial charge < -0.3 is 10.1 Å². The van der Waals surface area contributed by atoms with Gasteiger partial charge in [-0.1, -0.05) is 23.4 Å². The Kier molecular flexibility index (Phi) is 8.06. The minimum absolute atomic E-state index is 0.0836. The average Bonchev–Trinajstić information content (AvgIpc) is 3.18. The van der Waals surface area contributed by atoms with Crippen molar-refractivity contribution < 1.29 is 9.53 Å². The van der Waals surface area contributed by atoms with Crippen molar-refractivity contribution in [3.63, 3.8) is 0 Å². The van der Waals surface area contributed by atoms with Crippen molar-refractivity contribution >= 4 is 57.5 Å². The van der Waals surface area contributed by atoms with Gasteiger partial charge in [0.2, 0.25) is 5.91 Å². The van der Waals surface area contributed by atoms with Crippen LogP contribution in [0.1, 0.15) is 11.4 Å². The molecule has 2 aromatic carbocycles. The molecule has 7 nitrogen and oxygen atoms in total. The summed E-state index contributed by atoms with van der Waals surface area (Å²) in [6.07, 6.45) is 0. The Labute approximate surface area is 210 Å². The second-order valence-electron chi connectivity index (χ2n) is 7.40. The third kappa shape index (κ3) is 6.02. The van der Waals surface area contributed by atoms with Crippen molar-refractivity contribution in [1.82, 2.24) is 19.7 Å². The summed E-state index contributed by atoms with van der Waals surface area (Å²) in [5, 5.41) is 13.2. The van der Waals surface area contributed by atoms with Crippen molar-refractivity contribution in [2.24, 2.45) is 0 Å². The van der Waals surface area contributed by atoms with Crippen LogP contribution in [0, 0.1) is 10.5 Å². The zero-order valence-electron chi connectivity index (χ0n) is 17.6. The number of hydrogen-bond donors (Lipinski definition) is 1. The first-order chi connectivity index (χ1) is 15.5. The van der Waals surface area contributed by atoms with E-state index in [2.05, 4.69) is 43.0 Å². The molecular formula is C22H23ClIN5O2S. The summed E-state index contributed by atoms with van der Waals surface area (Å²) in [6.45, 7) is 5.79. The third-order valence-corrected chi connectivity index (χ3v) is 6.90. The smallest absolute Gasteiger partial charge is 0.234 e. The van der Waals surface area contributed by atoms with E-state index in [1.54, 1.807) is 0 Å². The van der Waals surface area contributed by atoms with E-state index < -0.39 is 0 Å². The zero-order valence-corrected chi connectivity index (χ0v) is 21.3. The summed E-state index contributed by atoms with van der Waals surface area (Å²) in [5.74, 6) is 0.972. The fourth-order valence-corrected chi connectivity index (χ4v) is 4.93. The maximum absolute atomic E-state index is 12.6. The predicted octanol–water partition coefficient (Wildman–Crippen LogP) is 4.40. The van der Waals surface area contributed by atoms with Crippen LogP contribution in [0.15, 0.2) is 47.6 Å². The van der Waals surface area contributed by atoms with Crippen LogP contribution in [-0.2, 0) is 16.1 Å². The molecule has 1 N–H and O–H groups in total. The van der Waals surface area contributed by atoms with E-state index in [4.69, 9.17) is 16.3 Å². The topological polar surface area (TPSA) is 72.3 Å². The number of ether oxygens (including phenoxy) is 1. The molecule has 0 aliphatic carbocycles. The minimum atomic E-state index is -0.0836. The third-order valence-electron chi connectivity index (χ3n) is 5.05. The Morgan fingerprint density at radius 3 is 2.66 bits per heavy atom. The van der Waals surface area contributed by atoms with Crippen molar-refractivity contribution in [3.05, 3.63) is 62.4 Å². The number of hydrogen-bond acceptors (Lipinski definition) is 6. The number of anilines is 1. The van der Waals surface area contributed by atoms with Crippen molar-refractivity contribution in [3.8, 4) is 5.69 Å². The van der Waals surface area contributed by atoms with Gasteiger partial charge in [-0.15, -0.1) is 10.2 Å². The lowest BCUT2D eigenvalue weighted by molar-refractivity contribution is -0.113. The normalized spacial score (nSPS) is 14.5. The molecule has 0 unspecified atom stereocenters. The number of rotatable bonds is 7. The molecule has 0 radical (unpaired) electrons. The first kappa shape index (κ1) is 23.5. The zero-order chi connectivity index (χ0) is 22.5. The molecule has 1 saturated heterocycles. The Morgan fingerprint density at radius 1 is 1.19 bits per heavy atom. The number of aryl methyl sites for hydroxylation is 1. The SMILES string of the molecule is Cc1cc(I)ccc1NC(=O)CSc1nnc(CN2CCOCC2)n1-c1ccc(Cl)cc1. The second kappa shape index (κ2) is 11.0. The summed E-state index contributed by atoms with van der Waals surface area (Å²) >= 11 is 9.71. The highest BCUT2D eigenvalue weighted by Gasteiger charge is 2.20. The molecule has 0 atom stereocenters. The molecule has 2 heterocycles. The quantitative estimate of drug-likeness (QED) is 0.329. The summed E-state index contributed by atoms with van der Waals surface area (Å²) in [6, 6.07) is 13.5. The van der Waals surface area contributed by atoms with Crippen LogP contribution in [0.2, 0.25) is 5.02 Å². The molecule has 3 aromatic rings. The summed E-state index contributed by atoms with van der Waals surface area (Å²) < 4.78 is 8.59. The highest BCUT2D eigenvalue weighted by atomic mass is 127. The number of nitrogens with zero attached hydrogens (tertiary/aromatic N) is 4. The van der Waals surface area contributed by atoms with Crippen LogP contribution in [-0.4, -0.2) is 57.6 Å². The lowest BCUT2D eigenvalue weighted by atomic mass is 10.2. The molecule has 1 amide bonds. The van der Waals surface area contributed by atoms with Gasteiger partial charge in [0.05, 0.1) is 25.5 Å². The van der Waals surface area contributed by atoms with E-state index in [1.807, 2.05) is 54.0 Å². The molecule has 168 valence electrons. The molecule has 4 rings (SSSR count). The number of thioether (sulfide) groups is 1. The number of benzene rings is 2. The Balaban J connectivity index is 1.50. The number of aromatic nitrogens is 3. The second-order valence-corrected chi connectivity index (χ2v) is 10.0. The summed E-state index contributed by atoms with van der Waals surface area (Å²) in [5.41, 5.74) is 2.77. The fourth-order valence-electron chi connectivity index (χ4n) is 3.39. The molecule has 1 aliphatic heterocycles. The average molecular weight is 584 g/mol. The Bertz CT molecular complexity index is 1090. The maximum Gasteiger partial charge on any atom is 0.234 e. The molecule has 10 heteroatoms. The van der Waals surface area contributed by atoms with E-state index in [0.717, 1.165) is 52.6 Å². The van der Waals surface area contributed by atoms with Gasteiger partial charge in [-0.3, -0.25) is 14.3 Å². The molecular weight excluding hydrogens is 561 g/mol. The van der Waals surface area contributed by atoms with E-state index in [9.17, 15) is 4.79 Å². The number of amides is 1. The largest absolute Gasteiger partial charge is 0.379 e. The molecule has 1 fully saturated rings. The van der Waals surface area contributed by atoms with Crippen LogP contribution in [0.3, 0.4) is 0 Å². The van der Waals surface area contributed by atoms with Crippen LogP contribution in [0.4, 0.5) is 5.69 Å². The molecule has 1 aromatic heterocycles. The summed E-state index contributed by atoms with van der Waals surface area (Å²) in [4.78, 5) is 14.9. The molecule has 0 saturated carbocycles. The highest BCUT2D eigenvalue weighted by Crippen LogP contribution is 2.25. The molecule has 0 spiro atoms. The van der Waals surface area contributed by atoms with Gasteiger partial charge in [-0.25, -0.2) is 0 Å². The van der Waals surface area contributed by atoms with Crippen LogP contribution >= 0.6 is 46.0 Å². The van der Waals surface area contributed by atoms with E-state index in [-0.39, 0.29) is 11.7 Å². The maximum atomic E-state index is 12.6. The van der Waals surface area contributed by atoms with Crippen molar-refractivity contribution in [1.29, 1.82) is 0 Å². The van der Waals surface area contributed by atoms with Gasteiger partial charge in [-0.05, 0) is 77.5 Å². The van der Waals surface area contributed by atoms with Crippen LogP contribution < -0.4 is 5.32 Å². The van der Waals surface area contributed by atoms with Gasteiger partial charge >= 0.3 is 0 Å². The van der Waals surface area contributed by atoms with E-state index >= 15 is 0 Å². The van der Waals surface area contributed by atoms with Gasteiger partial charge in [-0.2, -0.15) is 0 Å². The number of nitrogens with one attached hydrogen (secondary N) is 1. The first-order valence-electron chi connectivity index (χ1n) is 10.2. The lowest BCUT2D eigenvalue weighted by Gasteiger charge is -2.26. The standard InChI is InChI=1S/C22H23ClIN5O2S/c1-15-12-17(24)4-7-19(15)25-21(30)14-32-22-27-26-20(13-28-8-10-31-11-9-28)29(22)18-5-2-16(23)3-6-18/h2-7,12H,8-11,13-14H2,1H3,(H,25,30). The minimum Gasteiger partial charge on any atom is -0.379 e. The van der Waals surface area contributed by atoms with Gasteiger partial charge in [0.15, 0.2) is 11.0 Å². The van der Waals surface area contributed by atoms with Crippen molar-refractivity contribution in [2.45, 2.75) is 18.6 Å². The molecule has 0 bridgehead atoms. The molecule has 1 aliphatic rings. The van der Waals surface area contributed by atoms with Gasteiger partial charge in [0.25, 0.3) is 0 Å². The lowest BCUT2D eigenvalue weighted by Crippen LogP contribution is -2.36. The summed E-state index contributed by atoms with van der Waals surface area (Å²) in [7, 11) is 0. The van der Waals surface area contributed by atoms with E-state index in [1.165, 1.54) is 11.8 Å².